The number of halogens is 3. The van der Waals surface area contributed by atoms with E-state index >= 15 is 0 Å². The third-order valence-electron chi connectivity index (χ3n) is 5.04. The van der Waals surface area contributed by atoms with Gasteiger partial charge in [0.1, 0.15) is 0 Å². The Hall–Kier alpha value is -0.560. The molecule has 2 fully saturated rings. The van der Waals surface area contributed by atoms with Crippen LogP contribution in [0, 0.1) is 5.92 Å². The Balaban J connectivity index is 0.00000243. The molecule has 8 heteroatoms. The van der Waals surface area contributed by atoms with Crippen LogP contribution in [-0.4, -0.2) is 58.7 Å². The van der Waals surface area contributed by atoms with Crippen LogP contribution in [0.25, 0.3) is 0 Å². The number of nitrogens with zero attached hydrogens (tertiary/aromatic N) is 2. The fourth-order valence-electron chi connectivity index (χ4n) is 3.59. The highest BCUT2D eigenvalue weighted by Gasteiger charge is 2.32. The Morgan fingerprint density at radius 1 is 1.11 bits per heavy atom. The van der Waals surface area contributed by atoms with Crippen molar-refractivity contribution in [2.75, 3.05) is 26.2 Å². The third kappa shape index (κ3) is 8.85. The number of carbonyl (C=O) groups is 1. The quantitative estimate of drug-likeness (QED) is 0.619. The van der Waals surface area contributed by atoms with E-state index in [-0.39, 0.29) is 43.1 Å². The predicted octanol–water partition coefficient (Wildman–Crippen LogP) is 3.54. The number of rotatable bonds is 7. The van der Waals surface area contributed by atoms with Gasteiger partial charge in [0.15, 0.2) is 0 Å². The summed E-state index contributed by atoms with van der Waals surface area (Å²) in [7, 11) is 0. The molecular weight excluding hydrogens is 421 g/mol. The summed E-state index contributed by atoms with van der Waals surface area (Å²) in [5.74, 6) is 0.714. The van der Waals surface area contributed by atoms with Crippen molar-refractivity contribution < 1.29 is 9.90 Å². The molecule has 5 nitrogen and oxygen atoms in total. The van der Waals surface area contributed by atoms with Crippen LogP contribution >= 0.6 is 37.2 Å². The van der Waals surface area contributed by atoms with Crippen molar-refractivity contribution in [2.24, 2.45) is 5.92 Å². The molecule has 1 heterocycles. The van der Waals surface area contributed by atoms with Crippen molar-refractivity contribution in [1.29, 1.82) is 0 Å². The highest BCUT2D eigenvalue weighted by Crippen LogP contribution is 2.31. The second kappa shape index (κ2) is 12.2. The Morgan fingerprint density at radius 2 is 1.68 bits per heavy atom. The number of nitrogens with one attached hydrogen (secondary N) is 1. The molecule has 2 N–H and O–H groups in total. The fourth-order valence-corrected chi connectivity index (χ4v) is 3.59. The molecule has 0 spiro atoms. The van der Waals surface area contributed by atoms with Crippen LogP contribution in [0.5, 0.6) is 0 Å². The second-order valence-corrected chi connectivity index (χ2v) is 8.22. The third-order valence-corrected chi connectivity index (χ3v) is 5.04. The molecule has 1 saturated heterocycles. The molecular formula is C20H34Cl3N3O2. The predicted molar refractivity (Wildman–Crippen MR) is 121 cm³/mol. The van der Waals surface area contributed by atoms with Gasteiger partial charge in [0.2, 0.25) is 0 Å². The minimum atomic E-state index is -0.651. The molecule has 1 aromatic rings. The van der Waals surface area contributed by atoms with E-state index in [0.29, 0.717) is 18.2 Å². The van der Waals surface area contributed by atoms with Crippen molar-refractivity contribution in [3.8, 4) is 0 Å². The molecule has 1 aromatic carbocycles. The molecule has 1 saturated carbocycles. The summed E-state index contributed by atoms with van der Waals surface area (Å²) >= 11 is 0. The molecule has 1 amide bonds. The molecule has 1 aliphatic carbocycles. The molecule has 28 heavy (non-hydrogen) atoms. The number of amides is 1. The smallest absolute Gasteiger partial charge is 0.265 e. The van der Waals surface area contributed by atoms with E-state index in [0.717, 1.165) is 38.4 Å². The van der Waals surface area contributed by atoms with E-state index in [1.54, 1.807) is 0 Å². The highest BCUT2D eigenvalue weighted by atomic mass is 35.5. The Labute approximate surface area is 187 Å². The Morgan fingerprint density at radius 3 is 2.18 bits per heavy atom. The monoisotopic (exact) mass is 453 g/mol. The number of carbonyl (C=O) groups excluding carboxylic acids is 1. The molecule has 1 aliphatic heterocycles. The Kier molecular flexibility index (Phi) is 12.0. The van der Waals surface area contributed by atoms with E-state index in [1.165, 1.54) is 12.8 Å². The molecule has 0 bridgehead atoms. The van der Waals surface area contributed by atoms with Gasteiger partial charge >= 0.3 is 0 Å². The summed E-state index contributed by atoms with van der Waals surface area (Å²) in [5, 5.41) is 12.2. The number of β-amino-alcohol motifs (C(OH)–C–C–N with tert-alkyl or cyclic N) is 1. The van der Waals surface area contributed by atoms with Gasteiger partial charge in [0, 0.05) is 24.7 Å². The average Bonchev–Trinajstić information content (AvgIpc) is 3.38. The van der Waals surface area contributed by atoms with E-state index in [1.807, 2.05) is 44.2 Å². The van der Waals surface area contributed by atoms with Crippen molar-refractivity contribution in [2.45, 2.75) is 51.2 Å². The van der Waals surface area contributed by atoms with Crippen molar-refractivity contribution in [3.05, 3.63) is 35.9 Å². The van der Waals surface area contributed by atoms with Crippen molar-refractivity contribution >= 4 is 43.1 Å². The van der Waals surface area contributed by atoms with Crippen LogP contribution in [0.3, 0.4) is 0 Å². The summed E-state index contributed by atoms with van der Waals surface area (Å²) < 4.78 is 0. The molecule has 0 unspecified atom stereocenters. The molecule has 162 valence electrons. The van der Waals surface area contributed by atoms with Gasteiger partial charge in [-0.25, -0.2) is 5.01 Å². The van der Waals surface area contributed by atoms with Gasteiger partial charge in [-0.1, -0.05) is 18.2 Å². The second-order valence-electron chi connectivity index (χ2n) is 8.22. The van der Waals surface area contributed by atoms with Crippen LogP contribution in [0.1, 0.15) is 49.9 Å². The number of hydrogen-bond acceptors (Lipinski definition) is 4. The minimum absolute atomic E-state index is 0. The number of likely N-dealkylation sites (tertiary alicyclic amines) is 1. The number of benzene rings is 1. The largest absolute Gasteiger partial charge is 0.389 e. The standard InChI is InChI=1S/C20H31N3O2.3ClH/c1-20(2,25)15-22-12-10-18(11-13-22)23(14-16-8-9-16)21-19(24)17-6-4-3-5-7-17;;;/h3-7,16,18,25H,8-15H2,1-2H3,(H,21,24);3*1H. The summed E-state index contributed by atoms with van der Waals surface area (Å²) in [4.78, 5) is 14.9. The van der Waals surface area contributed by atoms with Crippen molar-refractivity contribution in [3.63, 3.8) is 0 Å². The van der Waals surface area contributed by atoms with Crippen LogP contribution in [0.4, 0.5) is 0 Å². The SMILES string of the molecule is CC(C)(O)CN1CCC(N(CC2CC2)NC(=O)c2ccccc2)CC1.Cl.Cl.Cl. The van der Waals surface area contributed by atoms with Gasteiger partial charge in [0.25, 0.3) is 5.91 Å². The van der Waals surface area contributed by atoms with Gasteiger partial charge in [0.05, 0.1) is 5.60 Å². The number of aliphatic hydroxyl groups is 1. The highest BCUT2D eigenvalue weighted by molar-refractivity contribution is 5.93. The molecule has 2 aliphatic rings. The Bertz CT molecular complexity index is 572. The van der Waals surface area contributed by atoms with Crippen LogP contribution in [0.15, 0.2) is 30.3 Å². The van der Waals surface area contributed by atoms with E-state index < -0.39 is 5.60 Å². The maximum absolute atomic E-state index is 12.6. The van der Waals surface area contributed by atoms with Gasteiger partial charge in [-0.15, -0.1) is 37.2 Å². The summed E-state index contributed by atoms with van der Waals surface area (Å²) in [6.07, 6.45) is 4.60. The van der Waals surface area contributed by atoms with Gasteiger partial charge in [-0.05, 0) is 70.7 Å². The lowest BCUT2D eigenvalue weighted by molar-refractivity contribution is 0.00888. The zero-order valence-corrected chi connectivity index (χ0v) is 19.1. The number of hydrazine groups is 1. The van der Waals surface area contributed by atoms with E-state index in [2.05, 4.69) is 15.3 Å². The number of hydrogen-bond donors (Lipinski definition) is 2. The average molecular weight is 455 g/mol. The van der Waals surface area contributed by atoms with Crippen LogP contribution in [-0.2, 0) is 0 Å². The lowest BCUT2D eigenvalue weighted by Gasteiger charge is -2.40. The maximum Gasteiger partial charge on any atom is 0.265 e. The summed E-state index contributed by atoms with van der Waals surface area (Å²) in [5.41, 5.74) is 3.22. The minimum Gasteiger partial charge on any atom is -0.389 e. The first-order valence-electron chi connectivity index (χ1n) is 9.48. The van der Waals surface area contributed by atoms with Crippen LogP contribution in [0.2, 0.25) is 0 Å². The molecule has 0 radical (unpaired) electrons. The molecule has 0 aromatic heterocycles. The summed E-state index contributed by atoms with van der Waals surface area (Å²) in [6.45, 7) is 7.32. The van der Waals surface area contributed by atoms with E-state index in [9.17, 15) is 9.90 Å². The van der Waals surface area contributed by atoms with Gasteiger partial charge in [-0.2, -0.15) is 0 Å². The van der Waals surface area contributed by atoms with E-state index in [4.69, 9.17) is 0 Å². The first-order valence-corrected chi connectivity index (χ1v) is 9.48. The first kappa shape index (κ1) is 27.4. The molecule has 0 atom stereocenters. The van der Waals surface area contributed by atoms with Gasteiger partial charge < -0.3 is 10.0 Å². The maximum atomic E-state index is 12.6. The normalized spacial score (nSPS) is 17.9. The summed E-state index contributed by atoms with van der Waals surface area (Å²) in [6, 6.07) is 9.82. The van der Waals surface area contributed by atoms with Crippen molar-refractivity contribution in [1.82, 2.24) is 15.3 Å². The topological polar surface area (TPSA) is 55.8 Å². The van der Waals surface area contributed by atoms with Gasteiger partial charge in [-0.3, -0.25) is 10.2 Å². The lowest BCUT2D eigenvalue weighted by atomic mass is 10.0. The zero-order chi connectivity index (χ0) is 17.9. The number of piperidine rings is 1. The first-order chi connectivity index (χ1) is 11.9. The fraction of sp³-hybridized carbons (Fsp3) is 0.650. The zero-order valence-electron chi connectivity index (χ0n) is 16.7. The van der Waals surface area contributed by atoms with Crippen LogP contribution < -0.4 is 5.43 Å². The lowest BCUT2D eigenvalue weighted by Crippen LogP contribution is -2.54. The molecule has 3 rings (SSSR count).